The molecule has 4 rings (SSSR count). The predicted octanol–water partition coefficient (Wildman–Crippen LogP) is 3.97. The van der Waals surface area contributed by atoms with Crippen LogP contribution in [0.5, 0.6) is 0 Å². The Hall–Kier alpha value is -2.02. The molecule has 0 N–H and O–H groups in total. The van der Waals surface area contributed by atoms with Crippen LogP contribution in [0, 0.1) is 5.82 Å². The van der Waals surface area contributed by atoms with E-state index in [1.165, 1.54) is 6.07 Å². The minimum absolute atomic E-state index is 0.140. The van der Waals surface area contributed by atoms with Gasteiger partial charge < -0.3 is 9.64 Å². The van der Waals surface area contributed by atoms with E-state index in [1.807, 2.05) is 0 Å². The molecule has 3 aromatic rings. The van der Waals surface area contributed by atoms with Crippen molar-refractivity contribution in [3.05, 3.63) is 46.6 Å². The lowest BCUT2D eigenvalue weighted by atomic mass is 10.0. The molecule has 0 spiro atoms. The molecule has 0 saturated carbocycles. The average molecular weight is 379 g/mol. The first kappa shape index (κ1) is 16.4. The summed E-state index contributed by atoms with van der Waals surface area (Å²) < 4.78 is 20.0. The molecule has 2 aromatic heterocycles. The normalized spacial score (nSPS) is 14.9. The van der Waals surface area contributed by atoms with Gasteiger partial charge in [-0.3, -0.25) is 0 Å². The maximum atomic E-state index is 14.6. The smallest absolute Gasteiger partial charge is 0.181 e. The molecule has 5 nitrogen and oxygen atoms in total. The molecule has 1 aromatic carbocycles. The Morgan fingerprint density at radius 2 is 1.80 bits per heavy atom. The van der Waals surface area contributed by atoms with Crippen molar-refractivity contribution in [2.24, 2.45) is 0 Å². The van der Waals surface area contributed by atoms with Crippen LogP contribution in [-0.2, 0) is 4.74 Å². The summed E-state index contributed by atoms with van der Waals surface area (Å²) in [6.45, 7) is 2.38. The number of pyridine rings is 1. The summed E-state index contributed by atoms with van der Waals surface area (Å²) in [5, 5.41) is 0.406. The van der Waals surface area contributed by atoms with E-state index in [1.54, 1.807) is 24.5 Å². The van der Waals surface area contributed by atoms with Gasteiger partial charge in [-0.25, -0.2) is 19.3 Å². The number of rotatable bonds is 2. The molecule has 0 unspecified atom stereocenters. The molecule has 1 aliphatic rings. The number of anilines is 1. The van der Waals surface area contributed by atoms with Crippen molar-refractivity contribution in [3.63, 3.8) is 0 Å². The highest BCUT2D eigenvalue weighted by molar-refractivity contribution is 6.37. The second-order valence-corrected chi connectivity index (χ2v) is 6.32. The van der Waals surface area contributed by atoms with Gasteiger partial charge in [0, 0.05) is 36.6 Å². The van der Waals surface area contributed by atoms with Crippen molar-refractivity contribution in [1.82, 2.24) is 15.0 Å². The third kappa shape index (κ3) is 2.90. The summed E-state index contributed by atoms with van der Waals surface area (Å²) in [6.07, 6.45) is 3.12. The molecule has 0 aliphatic carbocycles. The summed E-state index contributed by atoms with van der Waals surface area (Å²) in [5.41, 5.74) is 2.29. The largest absolute Gasteiger partial charge is 0.378 e. The molecule has 8 heteroatoms. The molecule has 0 bridgehead atoms. The van der Waals surface area contributed by atoms with Gasteiger partial charge in [-0.05, 0) is 12.1 Å². The maximum Gasteiger partial charge on any atom is 0.181 e. The van der Waals surface area contributed by atoms with Crippen molar-refractivity contribution in [2.75, 3.05) is 31.2 Å². The van der Waals surface area contributed by atoms with Crippen LogP contribution in [0.3, 0.4) is 0 Å². The molecule has 0 atom stereocenters. The van der Waals surface area contributed by atoms with Gasteiger partial charge in [-0.1, -0.05) is 29.3 Å². The van der Waals surface area contributed by atoms with Gasteiger partial charge in [0.1, 0.15) is 16.5 Å². The topological polar surface area (TPSA) is 51.1 Å². The highest BCUT2D eigenvalue weighted by Gasteiger charge is 2.26. The first-order valence-corrected chi connectivity index (χ1v) is 8.49. The lowest BCUT2D eigenvalue weighted by Crippen LogP contribution is -2.37. The van der Waals surface area contributed by atoms with Crippen molar-refractivity contribution in [3.8, 4) is 11.1 Å². The summed E-state index contributed by atoms with van der Waals surface area (Å²) in [6, 6.07) is 4.53. The Morgan fingerprint density at radius 1 is 1.04 bits per heavy atom. The fraction of sp³-hybridized carbons (Fsp3) is 0.235. The number of hydrogen-bond donors (Lipinski definition) is 0. The standard InChI is InChI=1S/C17H13Cl2FN4O/c18-10-2-1-3-11(20)12(10)13-15(24-6-8-25-9-7-24)14-17(23-16(13)19)22-5-4-21-14/h1-5H,6-9H2. The Bertz CT molecular complexity index is 927. The van der Waals surface area contributed by atoms with Gasteiger partial charge in [0.25, 0.3) is 0 Å². The van der Waals surface area contributed by atoms with Crippen LogP contribution < -0.4 is 4.90 Å². The molecular weight excluding hydrogens is 366 g/mol. The van der Waals surface area contributed by atoms with Crippen molar-refractivity contribution in [1.29, 1.82) is 0 Å². The van der Waals surface area contributed by atoms with Crippen LogP contribution >= 0.6 is 23.2 Å². The maximum absolute atomic E-state index is 14.6. The predicted molar refractivity (Wildman–Crippen MR) is 95.8 cm³/mol. The molecule has 3 heterocycles. The second-order valence-electron chi connectivity index (χ2n) is 5.55. The van der Waals surface area contributed by atoms with Crippen molar-refractivity contribution < 1.29 is 9.13 Å². The van der Waals surface area contributed by atoms with Gasteiger partial charge in [0.05, 0.1) is 23.9 Å². The van der Waals surface area contributed by atoms with E-state index in [9.17, 15) is 4.39 Å². The molecule has 0 radical (unpaired) electrons. The fourth-order valence-corrected chi connectivity index (χ4v) is 3.52. The fourth-order valence-electron chi connectivity index (χ4n) is 3.00. The molecule has 128 valence electrons. The number of fused-ring (bicyclic) bond motifs is 1. The van der Waals surface area contributed by atoms with E-state index in [4.69, 9.17) is 27.9 Å². The zero-order chi connectivity index (χ0) is 17.4. The van der Waals surface area contributed by atoms with Crippen LogP contribution in [0.15, 0.2) is 30.6 Å². The molecule has 1 saturated heterocycles. The highest BCUT2D eigenvalue weighted by atomic mass is 35.5. The third-order valence-corrected chi connectivity index (χ3v) is 4.68. The van der Waals surface area contributed by atoms with Crippen LogP contribution in [0.1, 0.15) is 0 Å². The number of ether oxygens (including phenoxy) is 1. The Labute approximate surface area is 153 Å². The quantitative estimate of drug-likeness (QED) is 0.631. The minimum atomic E-state index is -0.464. The van der Waals surface area contributed by atoms with E-state index in [-0.39, 0.29) is 15.7 Å². The number of halogens is 3. The molecule has 0 amide bonds. The van der Waals surface area contributed by atoms with Gasteiger partial charge >= 0.3 is 0 Å². The van der Waals surface area contributed by atoms with E-state index < -0.39 is 5.82 Å². The van der Waals surface area contributed by atoms with Crippen molar-refractivity contribution >= 4 is 40.1 Å². The van der Waals surface area contributed by atoms with E-state index in [0.717, 1.165) is 0 Å². The second kappa shape index (κ2) is 6.71. The minimum Gasteiger partial charge on any atom is -0.378 e. The van der Waals surface area contributed by atoms with Gasteiger partial charge in [0.2, 0.25) is 0 Å². The van der Waals surface area contributed by atoms with E-state index >= 15 is 0 Å². The van der Waals surface area contributed by atoms with Crippen molar-refractivity contribution in [2.45, 2.75) is 0 Å². The third-order valence-electron chi connectivity index (χ3n) is 4.09. The molecule has 1 fully saturated rings. The van der Waals surface area contributed by atoms with Gasteiger partial charge in [-0.2, -0.15) is 0 Å². The number of benzene rings is 1. The van der Waals surface area contributed by atoms with Gasteiger partial charge in [0.15, 0.2) is 5.65 Å². The molecular formula is C17H13Cl2FN4O. The van der Waals surface area contributed by atoms with Crippen LogP contribution in [-0.4, -0.2) is 41.3 Å². The van der Waals surface area contributed by atoms with Crippen LogP contribution in [0.25, 0.3) is 22.3 Å². The van der Waals surface area contributed by atoms with E-state index in [2.05, 4.69) is 19.9 Å². The molecule has 25 heavy (non-hydrogen) atoms. The molecule has 1 aliphatic heterocycles. The summed E-state index contributed by atoms with van der Waals surface area (Å²) >= 11 is 12.7. The van der Waals surface area contributed by atoms with E-state index in [0.29, 0.717) is 48.7 Å². The first-order valence-electron chi connectivity index (χ1n) is 7.74. The van der Waals surface area contributed by atoms with Crippen LogP contribution in [0.4, 0.5) is 10.1 Å². The summed E-state index contributed by atoms with van der Waals surface area (Å²) in [7, 11) is 0. The monoisotopic (exact) mass is 378 g/mol. The van der Waals surface area contributed by atoms with Crippen LogP contribution in [0.2, 0.25) is 10.2 Å². The summed E-state index contributed by atoms with van der Waals surface area (Å²) in [5.74, 6) is -0.464. The Kier molecular flexibility index (Phi) is 4.41. The highest BCUT2D eigenvalue weighted by Crippen LogP contribution is 2.43. The first-order chi connectivity index (χ1) is 12.2. The number of hydrogen-bond acceptors (Lipinski definition) is 5. The number of aromatic nitrogens is 3. The van der Waals surface area contributed by atoms with Gasteiger partial charge in [-0.15, -0.1) is 0 Å². The SMILES string of the molecule is Fc1cccc(Cl)c1-c1c(Cl)nc2nccnc2c1N1CCOCC1. The number of morpholine rings is 1. The lowest BCUT2D eigenvalue weighted by Gasteiger charge is -2.31. The Balaban J connectivity index is 2.07. The average Bonchev–Trinajstić information content (AvgIpc) is 2.62. The zero-order valence-electron chi connectivity index (χ0n) is 13.0. The lowest BCUT2D eigenvalue weighted by molar-refractivity contribution is 0.123. The number of nitrogens with zero attached hydrogens (tertiary/aromatic N) is 4. The summed E-state index contributed by atoms with van der Waals surface area (Å²) in [4.78, 5) is 15.0. The Morgan fingerprint density at radius 3 is 2.56 bits per heavy atom. The zero-order valence-corrected chi connectivity index (χ0v) is 14.6.